The Morgan fingerprint density at radius 3 is 2.70 bits per heavy atom. The Kier molecular flexibility index (Phi) is 5.17. The Morgan fingerprint density at radius 2 is 2.00 bits per heavy atom. The van der Waals surface area contributed by atoms with Crippen LogP contribution in [0.25, 0.3) is 10.9 Å². The molecule has 1 aromatic carbocycles. The number of benzene rings is 1. The summed E-state index contributed by atoms with van der Waals surface area (Å²) in [6, 6.07) is 7.88. The molecule has 20 heavy (non-hydrogen) atoms. The van der Waals surface area contributed by atoms with Gasteiger partial charge in [-0.1, -0.05) is 11.6 Å². The fourth-order valence-corrected chi connectivity index (χ4v) is 2.32. The molecule has 1 aromatic heterocycles. The molecule has 0 spiro atoms. The zero-order valence-electron chi connectivity index (χ0n) is 11.9. The fourth-order valence-electron chi connectivity index (χ4n) is 2.15. The van der Waals surface area contributed by atoms with E-state index in [9.17, 15) is 0 Å². The van der Waals surface area contributed by atoms with E-state index in [-0.39, 0.29) is 12.3 Å². The molecule has 0 aliphatic rings. The van der Waals surface area contributed by atoms with Crippen molar-refractivity contribution >= 4 is 28.2 Å². The molecule has 1 N–H and O–H groups in total. The van der Waals surface area contributed by atoms with E-state index < -0.39 is 0 Å². The van der Waals surface area contributed by atoms with E-state index in [1.165, 1.54) is 0 Å². The van der Waals surface area contributed by atoms with Crippen LogP contribution < -0.4 is 5.32 Å². The number of nitrogens with one attached hydrogen (secondary N) is 1. The van der Waals surface area contributed by atoms with Gasteiger partial charge in [-0.2, -0.15) is 0 Å². The van der Waals surface area contributed by atoms with Crippen LogP contribution >= 0.6 is 11.6 Å². The maximum Gasteiger partial charge on any atom is 0.158 e. The number of fused-ring (bicyclic) bond motifs is 1. The zero-order chi connectivity index (χ0) is 14.5. The lowest BCUT2D eigenvalue weighted by molar-refractivity contribution is -0.107. The minimum atomic E-state index is -0.208. The Hall–Kier alpha value is -1.36. The van der Waals surface area contributed by atoms with Gasteiger partial charge in [0.05, 0.1) is 5.52 Å². The number of hydrogen-bond acceptors (Lipinski definition) is 4. The number of anilines is 1. The van der Waals surface area contributed by atoms with Crippen molar-refractivity contribution in [2.45, 2.75) is 25.7 Å². The van der Waals surface area contributed by atoms with Crippen molar-refractivity contribution in [2.24, 2.45) is 0 Å². The summed E-state index contributed by atoms with van der Waals surface area (Å²) in [6.07, 6.45) is 2.32. The molecule has 1 unspecified atom stereocenters. The highest BCUT2D eigenvalue weighted by atomic mass is 35.5. The normalized spacial score (nSPS) is 12.8. The van der Waals surface area contributed by atoms with Crippen LogP contribution in [0.3, 0.4) is 0 Å². The molecule has 5 heteroatoms. The van der Waals surface area contributed by atoms with Crippen LogP contribution in [0.4, 0.5) is 5.69 Å². The first-order chi connectivity index (χ1) is 9.63. The molecule has 1 heterocycles. The summed E-state index contributed by atoms with van der Waals surface area (Å²) >= 11 is 5.99. The van der Waals surface area contributed by atoms with Crippen molar-refractivity contribution < 1.29 is 9.47 Å². The molecule has 0 radical (unpaired) electrons. The largest absolute Gasteiger partial charge is 0.382 e. The summed E-state index contributed by atoms with van der Waals surface area (Å²) in [5.41, 5.74) is 1.91. The molecule has 0 saturated carbocycles. The van der Waals surface area contributed by atoms with Crippen LogP contribution in [-0.4, -0.2) is 31.5 Å². The van der Waals surface area contributed by atoms with Crippen molar-refractivity contribution in [2.75, 3.05) is 19.5 Å². The zero-order valence-corrected chi connectivity index (χ0v) is 12.6. The number of nitrogens with zero attached hydrogens (tertiary/aromatic N) is 1. The Labute approximate surface area is 124 Å². The average molecular weight is 295 g/mol. The molecule has 0 aliphatic carbocycles. The predicted molar refractivity (Wildman–Crippen MR) is 82.3 cm³/mol. The summed E-state index contributed by atoms with van der Waals surface area (Å²) < 4.78 is 10.4. The van der Waals surface area contributed by atoms with Gasteiger partial charge < -0.3 is 14.8 Å². The average Bonchev–Trinajstić information content (AvgIpc) is 2.44. The first-order valence-corrected chi connectivity index (χ1v) is 6.88. The maximum absolute atomic E-state index is 5.99. The highest BCUT2D eigenvalue weighted by Crippen LogP contribution is 2.25. The smallest absolute Gasteiger partial charge is 0.158 e. The fraction of sp³-hybridized carbons (Fsp3) is 0.400. The summed E-state index contributed by atoms with van der Waals surface area (Å²) in [7, 11) is 3.29. The third-order valence-electron chi connectivity index (χ3n) is 3.18. The molecule has 0 fully saturated rings. The van der Waals surface area contributed by atoms with E-state index in [0.29, 0.717) is 5.02 Å². The van der Waals surface area contributed by atoms with Gasteiger partial charge in [0, 0.05) is 49.0 Å². The van der Waals surface area contributed by atoms with E-state index in [2.05, 4.69) is 17.2 Å². The minimum absolute atomic E-state index is 0.208. The van der Waals surface area contributed by atoms with E-state index in [1.54, 1.807) is 20.4 Å². The van der Waals surface area contributed by atoms with Crippen LogP contribution in [0.1, 0.15) is 13.3 Å². The molecular formula is C15H19ClN2O2. The van der Waals surface area contributed by atoms with Crippen molar-refractivity contribution in [3.63, 3.8) is 0 Å². The number of rotatable bonds is 6. The van der Waals surface area contributed by atoms with Crippen molar-refractivity contribution in [1.29, 1.82) is 0 Å². The lowest BCUT2D eigenvalue weighted by Crippen LogP contribution is -2.25. The van der Waals surface area contributed by atoms with Crippen molar-refractivity contribution in [3.05, 3.63) is 35.5 Å². The number of pyridine rings is 1. The summed E-state index contributed by atoms with van der Waals surface area (Å²) in [5, 5.41) is 5.20. The first-order valence-electron chi connectivity index (χ1n) is 6.50. The first kappa shape index (κ1) is 15.0. The second-order valence-electron chi connectivity index (χ2n) is 4.70. The number of hydrogen-bond donors (Lipinski definition) is 1. The van der Waals surface area contributed by atoms with Crippen LogP contribution in [0, 0.1) is 0 Å². The highest BCUT2D eigenvalue weighted by molar-refractivity contribution is 6.31. The van der Waals surface area contributed by atoms with E-state index in [1.807, 2.05) is 24.3 Å². The molecule has 2 rings (SSSR count). The molecule has 0 saturated heterocycles. The molecule has 0 bridgehead atoms. The summed E-state index contributed by atoms with van der Waals surface area (Å²) in [5.74, 6) is 0. The minimum Gasteiger partial charge on any atom is -0.382 e. The maximum atomic E-state index is 5.99. The second kappa shape index (κ2) is 6.88. The summed E-state index contributed by atoms with van der Waals surface area (Å²) in [6.45, 7) is 2.09. The van der Waals surface area contributed by atoms with Crippen molar-refractivity contribution in [1.82, 2.24) is 4.98 Å². The number of aromatic nitrogens is 1. The standard InChI is InChI=1S/C15H19ClN2O2/c1-10(8-15(19-2)20-3)18-13-6-7-17-14-9-11(16)4-5-12(13)14/h4-7,9-10,15H,8H2,1-3H3,(H,17,18). The number of methoxy groups -OCH3 is 2. The van der Waals surface area contributed by atoms with Gasteiger partial charge in [-0.05, 0) is 31.2 Å². The molecule has 0 aliphatic heterocycles. The van der Waals surface area contributed by atoms with E-state index >= 15 is 0 Å². The van der Waals surface area contributed by atoms with Gasteiger partial charge in [0.2, 0.25) is 0 Å². The number of ether oxygens (including phenoxy) is 2. The quantitative estimate of drug-likeness (QED) is 0.825. The molecule has 0 amide bonds. The Bertz CT molecular complexity index is 573. The molecular weight excluding hydrogens is 276 g/mol. The Balaban J connectivity index is 2.17. The van der Waals surface area contributed by atoms with Crippen LogP contribution in [0.2, 0.25) is 5.02 Å². The van der Waals surface area contributed by atoms with Gasteiger partial charge in [-0.25, -0.2) is 0 Å². The third kappa shape index (κ3) is 3.60. The summed E-state index contributed by atoms with van der Waals surface area (Å²) in [4.78, 5) is 4.33. The van der Waals surface area contributed by atoms with Crippen LogP contribution in [-0.2, 0) is 9.47 Å². The van der Waals surface area contributed by atoms with Gasteiger partial charge in [0.1, 0.15) is 0 Å². The van der Waals surface area contributed by atoms with Gasteiger partial charge in [-0.15, -0.1) is 0 Å². The molecule has 1 atom stereocenters. The lowest BCUT2D eigenvalue weighted by atomic mass is 10.1. The SMILES string of the molecule is COC(CC(C)Nc1ccnc2cc(Cl)ccc12)OC. The van der Waals surface area contributed by atoms with Gasteiger partial charge in [0.25, 0.3) is 0 Å². The molecule has 2 aromatic rings. The second-order valence-corrected chi connectivity index (χ2v) is 5.14. The predicted octanol–water partition coefficient (Wildman–Crippen LogP) is 3.70. The Morgan fingerprint density at radius 1 is 1.25 bits per heavy atom. The van der Waals surface area contributed by atoms with E-state index in [0.717, 1.165) is 23.0 Å². The number of halogens is 1. The van der Waals surface area contributed by atoms with Crippen LogP contribution in [0.5, 0.6) is 0 Å². The van der Waals surface area contributed by atoms with Crippen LogP contribution in [0.15, 0.2) is 30.5 Å². The third-order valence-corrected chi connectivity index (χ3v) is 3.41. The molecule has 108 valence electrons. The lowest BCUT2D eigenvalue weighted by Gasteiger charge is -2.21. The molecule has 4 nitrogen and oxygen atoms in total. The highest BCUT2D eigenvalue weighted by Gasteiger charge is 2.12. The van der Waals surface area contributed by atoms with Gasteiger partial charge in [-0.3, -0.25) is 4.98 Å². The van der Waals surface area contributed by atoms with E-state index in [4.69, 9.17) is 21.1 Å². The van der Waals surface area contributed by atoms with Gasteiger partial charge >= 0.3 is 0 Å². The topological polar surface area (TPSA) is 43.4 Å². The van der Waals surface area contributed by atoms with Gasteiger partial charge in [0.15, 0.2) is 6.29 Å². The monoisotopic (exact) mass is 294 g/mol. The van der Waals surface area contributed by atoms with Crippen molar-refractivity contribution in [3.8, 4) is 0 Å².